The first-order valence-electron chi connectivity index (χ1n) is 5.15. The molecular formula is C11H11FN2O3S. The summed E-state index contributed by atoms with van der Waals surface area (Å²) in [7, 11) is 0. The van der Waals surface area contributed by atoms with E-state index in [1.54, 1.807) is 12.1 Å². The zero-order valence-corrected chi connectivity index (χ0v) is 10.3. The Hall–Kier alpha value is -1.73. The first-order chi connectivity index (χ1) is 8.40. The number of fused-ring (bicyclic) bond motifs is 1. The fraction of sp³-hybridized carbons (Fsp3) is 0.273. The largest absolute Gasteiger partial charge is 0.479 e. The molecule has 0 radical (unpaired) electrons. The van der Waals surface area contributed by atoms with Crippen LogP contribution in [0.25, 0.3) is 10.2 Å². The summed E-state index contributed by atoms with van der Waals surface area (Å²) in [4.78, 5) is 14.8. The van der Waals surface area contributed by atoms with Crippen molar-refractivity contribution in [2.24, 2.45) is 0 Å². The Morgan fingerprint density at radius 3 is 2.94 bits per heavy atom. The Kier molecular flexibility index (Phi) is 3.18. The minimum atomic E-state index is -1.89. The van der Waals surface area contributed by atoms with Gasteiger partial charge in [-0.2, -0.15) is 0 Å². The molecule has 0 aliphatic heterocycles. The number of aromatic nitrogens is 1. The van der Waals surface area contributed by atoms with E-state index >= 15 is 0 Å². The number of anilines is 1. The van der Waals surface area contributed by atoms with E-state index in [9.17, 15) is 14.3 Å². The van der Waals surface area contributed by atoms with E-state index in [-0.39, 0.29) is 12.4 Å². The summed E-state index contributed by atoms with van der Waals surface area (Å²) in [5.41, 5.74) is -1.39. The van der Waals surface area contributed by atoms with Crippen molar-refractivity contribution in [1.29, 1.82) is 0 Å². The van der Waals surface area contributed by atoms with Crippen molar-refractivity contribution in [3.63, 3.8) is 0 Å². The van der Waals surface area contributed by atoms with Crippen LogP contribution in [-0.4, -0.2) is 33.3 Å². The van der Waals surface area contributed by atoms with Gasteiger partial charge in [0.1, 0.15) is 5.82 Å². The Labute approximate surface area is 106 Å². The van der Waals surface area contributed by atoms with Gasteiger partial charge in [-0.15, -0.1) is 0 Å². The molecule has 0 saturated heterocycles. The molecular weight excluding hydrogens is 259 g/mol. The van der Waals surface area contributed by atoms with Gasteiger partial charge in [-0.1, -0.05) is 17.4 Å². The van der Waals surface area contributed by atoms with Crippen molar-refractivity contribution in [3.05, 3.63) is 24.0 Å². The number of benzene rings is 1. The number of halogens is 1. The van der Waals surface area contributed by atoms with E-state index in [0.717, 1.165) is 11.3 Å². The molecule has 0 aliphatic carbocycles. The first-order valence-corrected chi connectivity index (χ1v) is 5.96. The third kappa shape index (κ3) is 2.41. The van der Waals surface area contributed by atoms with Crippen LogP contribution in [-0.2, 0) is 4.79 Å². The lowest BCUT2D eigenvalue weighted by Crippen LogP contribution is -2.41. The highest BCUT2D eigenvalue weighted by molar-refractivity contribution is 7.22. The van der Waals surface area contributed by atoms with Crippen molar-refractivity contribution < 1.29 is 19.4 Å². The smallest absolute Gasteiger partial charge is 0.337 e. The standard InChI is InChI=1S/C11H11FN2O3S/c1-11(17,9(15)16)5-13-10-14-7-4-2-3-6(12)8(7)18-10/h2-4,17H,5H2,1H3,(H,13,14)(H,15,16). The molecule has 18 heavy (non-hydrogen) atoms. The number of thiazole rings is 1. The summed E-state index contributed by atoms with van der Waals surface area (Å²) in [5.74, 6) is -1.70. The summed E-state index contributed by atoms with van der Waals surface area (Å²) in [6.45, 7) is 0.972. The van der Waals surface area contributed by atoms with Gasteiger partial charge in [-0.25, -0.2) is 14.2 Å². The van der Waals surface area contributed by atoms with E-state index in [4.69, 9.17) is 5.11 Å². The number of carboxylic acids is 1. The quantitative estimate of drug-likeness (QED) is 0.787. The molecule has 0 spiro atoms. The first kappa shape index (κ1) is 12.7. The fourth-order valence-corrected chi connectivity index (χ4v) is 2.18. The molecule has 96 valence electrons. The maximum atomic E-state index is 13.4. The van der Waals surface area contributed by atoms with Crippen LogP contribution in [0.4, 0.5) is 9.52 Å². The van der Waals surface area contributed by atoms with E-state index in [0.29, 0.717) is 15.3 Å². The van der Waals surface area contributed by atoms with Crippen LogP contribution in [0.1, 0.15) is 6.92 Å². The maximum absolute atomic E-state index is 13.4. The minimum absolute atomic E-state index is 0.205. The summed E-state index contributed by atoms with van der Waals surface area (Å²) >= 11 is 1.08. The van der Waals surface area contributed by atoms with Crippen LogP contribution >= 0.6 is 11.3 Å². The van der Waals surface area contributed by atoms with Gasteiger partial charge in [0, 0.05) is 0 Å². The molecule has 5 nitrogen and oxygen atoms in total. The molecule has 0 bridgehead atoms. The molecule has 2 rings (SSSR count). The lowest BCUT2D eigenvalue weighted by atomic mass is 10.1. The second kappa shape index (κ2) is 4.51. The SMILES string of the molecule is CC(O)(CNc1nc2cccc(F)c2s1)C(=O)O. The summed E-state index contributed by atoms with van der Waals surface area (Å²) < 4.78 is 13.8. The van der Waals surface area contributed by atoms with Crippen LogP contribution in [0, 0.1) is 5.82 Å². The van der Waals surface area contributed by atoms with E-state index in [2.05, 4.69) is 10.3 Å². The summed E-state index contributed by atoms with van der Waals surface area (Å²) in [6, 6.07) is 4.54. The predicted molar refractivity (Wildman–Crippen MR) is 66.3 cm³/mol. The predicted octanol–water partition coefficient (Wildman–Crippen LogP) is 1.68. The normalized spacial score (nSPS) is 14.4. The van der Waals surface area contributed by atoms with Crippen molar-refractivity contribution in [2.75, 3.05) is 11.9 Å². The molecule has 1 atom stereocenters. The third-order valence-electron chi connectivity index (χ3n) is 2.41. The maximum Gasteiger partial charge on any atom is 0.337 e. The number of hydrogen-bond donors (Lipinski definition) is 3. The molecule has 0 amide bonds. The molecule has 0 saturated carbocycles. The molecule has 7 heteroatoms. The van der Waals surface area contributed by atoms with Crippen molar-refractivity contribution in [2.45, 2.75) is 12.5 Å². The lowest BCUT2D eigenvalue weighted by molar-refractivity contribution is -0.155. The zero-order valence-electron chi connectivity index (χ0n) is 9.48. The minimum Gasteiger partial charge on any atom is -0.479 e. The average Bonchev–Trinajstić information content (AvgIpc) is 2.71. The van der Waals surface area contributed by atoms with Gasteiger partial charge in [0.05, 0.1) is 16.8 Å². The molecule has 1 aromatic heterocycles. The van der Waals surface area contributed by atoms with Crippen LogP contribution in [0.5, 0.6) is 0 Å². The fourth-order valence-electron chi connectivity index (χ4n) is 1.31. The molecule has 0 aliphatic rings. The monoisotopic (exact) mass is 270 g/mol. The Bertz CT molecular complexity index is 597. The number of carbonyl (C=O) groups is 1. The van der Waals surface area contributed by atoms with Crippen molar-refractivity contribution in [3.8, 4) is 0 Å². The Morgan fingerprint density at radius 2 is 2.33 bits per heavy atom. The van der Waals surface area contributed by atoms with Gasteiger partial charge >= 0.3 is 5.97 Å². The van der Waals surface area contributed by atoms with Gasteiger partial charge in [-0.05, 0) is 19.1 Å². The number of rotatable bonds is 4. The van der Waals surface area contributed by atoms with Gasteiger partial charge < -0.3 is 15.5 Å². The van der Waals surface area contributed by atoms with Gasteiger partial charge in [0.25, 0.3) is 0 Å². The van der Waals surface area contributed by atoms with Gasteiger partial charge in [0.15, 0.2) is 10.7 Å². The zero-order chi connectivity index (χ0) is 13.3. The van der Waals surface area contributed by atoms with Crippen LogP contribution < -0.4 is 5.32 Å². The van der Waals surface area contributed by atoms with Crippen LogP contribution in [0.2, 0.25) is 0 Å². The second-order valence-corrected chi connectivity index (χ2v) is 5.04. The molecule has 1 aromatic carbocycles. The average molecular weight is 270 g/mol. The highest BCUT2D eigenvalue weighted by Gasteiger charge is 2.29. The number of nitrogens with zero attached hydrogens (tertiary/aromatic N) is 1. The Balaban J connectivity index is 2.18. The van der Waals surface area contributed by atoms with E-state index in [1.165, 1.54) is 13.0 Å². The molecule has 1 unspecified atom stereocenters. The number of carboxylic acid groups (broad SMARTS) is 1. The van der Waals surface area contributed by atoms with Crippen LogP contribution in [0.15, 0.2) is 18.2 Å². The highest BCUT2D eigenvalue weighted by atomic mass is 32.1. The highest BCUT2D eigenvalue weighted by Crippen LogP contribution is 2.28. The van der Waals surface area contributed by atoms with Crippen LogP contribution in [0.3, 0.4) is 0 Å². The van der Waals surface area contributed by atoms with E-state index in [1.807, 2.05) is 0 Å². The third-order valence-corrected chi connectivity index (χ3v) is 3.45. The number of aliphatic hydroxyl groups is 1. The van der Waals surface area contributed by atoms with Gasteiger partial charge in [0.2, 0.25) is 0 Å². The van der Waals surface area contributed by atoms with Crippen molar-refractivity contribution in [1.82, 2.24) is 4.98 Å². The number of aliphatic carboxylic acids is 1. The second-order valence-electron chi connectivity index (χ2n) is 4.04. The Morgan fingerprint density at radius 1 is 1.61 bits per heavy atom. The molecule has 2 aromatic rings. The van der Waals surface area contributed by atoms with Crippen molar-refractivity contribution >= 4 is 32.7 Å². The molecule has 3 N–H and O–H groups in total. The van der Waals surface area contributed by atoms with Gasteiger partial charge in [-0.3, -0.25) is 0 Å². The molecule has 1 heterocycles. The summed E-state index contributed by atoms with van der Waals surface area (Å²) in [5, 5.41) is 21.3. The lowest BCUT2D eigenvalue weighted by Gasteiger charge is -2.17. The number of hydrogen-bond acceptors (Lipinski definition) is 5. The van der Waals surface area contributed by atoms with E-state index < -0.39 is 11.6 Å². The molecule has 0 fully saturated rings. The summed E-state index contributed by atoms with van der Waals surface area (Å²) in [6.07, 6.45) is 0. The topological polar surface area (TPSA) is 82.5 Å². The number of nitrogens with one attached hydrogen (secondary N) is 1.